The van der Waals surface area contributed by atoms with E-state index in [-0.39, 0.29) is 5.91 Å². The van der Waals surface area contributed by atoms with Gasteiger partial charge in [-0.05, 0) is 42.5 Å². The molecule has 0 radical (unpaired) electrons. The van der Waals surface area contributed by atoms with E-state index >= 15 is 0 Å². The van der Waals surface area contributed by atoms with Gasteiger partial charge in [-0.25, -0.2) is 4.98 Å². The van der Waals surface area contributed by atoms with Crippen molar-refractivity contribution in [2.75, 3.05) is 13.1 Å². The average molecular weight is 442 g/mol. The predicted octanol–water partition coefficient (Wildman–Crippen LogP) is 6.07. The van der Waals surface area contributed by atoms with E-state index < -0.39 is 0 Å². The fraction of sp³-hybridized carbons (Fsp3) is 0.185. The minimum absolute atomic E-state index is 0.0347. The summed E-state index contributed by atoms with van der Waals surface area (Å²) in [6.07, 6.45) is 7.35. The Morgan fingerprint density at radius 3 is 2.34 bits per heavy atom. The first kappa shape index (κ1) is 20.5. The van der Waals surface area contributed by atoms with Gasteiger partial charge in [0.2, 0.25) is 5.91 Å². The van der Waals surface area contributed by atoms with Crippen LogP contribution in [-0.2, 0) is 4.79 Å². The molecule has 2 aromatic heterocycles. The molecule has 0 spiro atoms. The number of hydrogen-bond donors (Lipinski definition) is 0. The Kier molecular flexibility index (Phi) is 5.78. The van der Waals surface area contributed by atoms with Crippen LogP contribution >= 0.6 is 11.6 Å². The van der Waals surface area contributed by atoms with Gasteiger partial charge < -0.3 is 4.90 Å². The first-order valence-electron chi connectivity index (χ1n) is 10.9. The number of pyridine rings is 1. The van der Waals surface area contributed by atoms with Crippen LogP contribution < -0.4 is 0 Å². The molecule has 1 aliphatic rings. The molecule has 2 aromatic carbocycles. The molecule has 0 N–H and O–H groups in total. The Hall–Kier alpha value is -3.37. The molecule has 0 saturated carbocycles. The Morgan fingerprint density at radius 2 is 1.62 bits per heavy atom. The largest absolute Gasteiger partial charge is 0.339 e. The number of nitrogens with zero attached hydrogens (tertiary/aromatic N) is 3. The molecule has 32 heavy (non-hydrogen) atoms. The maximum Gasteiger partial charge on any atom is 0.246 e. The number of imidazole rings is 1. The Labute approximate surface area is 192 Å². The molecule has 0 unspecified atom stereocenters. The third-order valence-electron chi connectivity index (χ3n) is 6.13. The van der Waals surface area contributed by atoms with Crippen LogP contribution in [0.3, 0.4) is 0 Å². The number of carbonyl (C=O) groups is 1. The zero-order chi connectivity index (χ0) is 21.9. The smallest absolute Gasteiger partial charge is 0.246 e. The zero-order valence-electron chi connectivity index (χ0n) is 17.7. The van der Waals surface area contributed by atoms with E-state index in [9.17, 15) is 4.79 Å². The van der Waals surface area contributed by atoms with Crippen molar-refractivity contribution in [1.29, 1.82) is 0 Å². The Bertz CT molecular complexity index is 1260. The highest BCUT2D eigenvalue weighted by molar-refractivity contribution is 6.30. The van der Waals surface area contributed by atoms with Crippen molar-refractivity contribution in [3.63, 3.8) is 0 Å². The van der Waals surface area contributed by atoms with E-state index in [0.29, 0.717) is 10.9 Å². The van der Waals surface area contributed by atoms with Crippen LogP contribution in [0.5, 0.6) is 0 Å². The molecular formula is C27H24ClN3O. The number of amides is 1. The van der Waals surface area contributed by atoms with E-state index in [4.69, 9.17) is 16.6 Å². The highest BCUT2D eigenvalue weighted by Gasteiger charge is 2.22. The molecule has 0 aliphatic carbocycles. The van der Waals surface area contributed by atoms with Crippen LogP contribution in [0.4, 0.5) is 0 Å². The lowest BCUT2D eigenvalue weighted by molar-refractivity contribution is -0.126. The minimum atomic E-state index is 0.0347. The molecular weight excluding hydrogens is 418 g/mol. The van der Waals surface area contributed by atoms with Crippen LogP contribution in [0.2, 0.25) is 5.02 Å². The molecule has 0 atom stereocenters. The number of piperidine rings is 1. The van der Waals surface area contributed by atoms with Gasteiger partial charge in [0.1, 0.15) is 5.65 Å². The lowest BCUT2D eigenvalue weighted by Crippen LogP contribution is -2.36. The first-order chi connectivity index (χ1) is 15.7. The summed E-state index contributed by atoms with van der Waals surface area (Å²) in [5.74, 6) is 0.558. The van der Waals surface area contributed by atoms with Crippen molar-refractivity contribution in [2.24, 2.45) is 0 Å². The lowest BCUT2D eigenvalue weighted by atomic mass is 9.89. The van der Waals surface area contributed by atoms with E-state index in [2.05, 4.69) is 24.3 Å². The number of rotatable bonds is 4. The van der Waals surface area contributed by atoms with Crippen LogP contribution in [0.25, 0.3) is 23.0 Å². The summed E-state index contributed by atoms with van der Waals surface area (Å²) in [6, 6.07) is 24.3. The van der Waals surface area contributed by atoms with Gasteiger partial charge in [0, 0.05) is 30.9 Å². The number of fused-ring (bicyclic) bond motifs is 1. The maximum atomic E-state index is 13.0. The molecule has 1 aliphatic heterocycles. The van der Waals surface area contributed by atoms with Gasteiger partial charge in [-0.2, -0.15) is 0 Å². The maximum absolute atomic E-state index is 13.0. The van der Waals surface area contributed by atoms with Gasteiger partial charge >= 0.3 is 0 Å². The molecule has 1 fully saturated rings. The molecule has 4 aromatic rings. The van der Waals surface area contributed by atoms with Crippen molar-refractivity contribution in [2.45, 2.75) is 18.8 Å². The molecule has 160 valence electrons. The molecule has 1 saturated heterocycles. The number of hydrogen-bond acceptors (Lipinski definition) is 2. The second-order valence-corrected chi connectivity index (χ2v) is 8.57. The van der Waals surface area contributed by atoms with E-state index in [1.165, 1.54) is 5.56 Å². The summed E-state index contributed by atoms with van der Waals surface area (Å²) in [4.78, 5) is 19.7. The number of benzene rings is 2. The van der Waals surface area contributed by atoms with Crippen molar-refractivity contribution in [1.82, 2.24) is 14.3 Å². The molecule has 4 nitrogen and oxygen atoms in total. The number of halogens is 1. The Balaban J connectivity index is 1.38. The van der Waals surface area contributed by atoms with Crippen molar-refractivity contribution < 1.29 is 4.79 Å². The number of likely N-dealkylation sites (tertiary alicyclic amines) is 1. The summed E-state index contributed by atoms with van der Waals surface area (Å²) < 4.78 is 1.94. The molecule has 5 rings (SSSR count). The third kappa shape index (κ3) is 4.19. The fourth-order valence-corrected chi connectivity index (χ4v) is 4.58. The normalized spacial score (nSPS) is 15.0. The summed E-state index contributed by atoms with van der Waals surface area (Å²) in [5, 5.41) is 0.624. The molecule has 1 amide bonds. The van der Waals surface area contributed by atoms with Crippen LogP contribution in [0.15, 0.2) is 85.1 Å². The standard InChI is InChI=1S/C27H24ClN3O/c28-23-11-13-25-29-27(22-9-5-2-6-10-22)24(31(25)19-23)12-14-26(32)30-17-15-21(16-18-30)20-7-3-1-4-8-20/h1-14,19,21H,15-18H2/b14-12+. The van der Waals surface area contributed by atoms with Crippen LogP contribution in [-0.4, -0.2) is 33.3 Å². The summed E-state index contributed by atoms with van der Waals surface area (Å²) in [7, 11) is 0. The predicted molar refractivity (Wildman–Crippen MR) is 130 cm³/mol. The highest BCUT2D eigenvalue weighted by atomic mass is 35.5. The quantitative estimate of drug-likeness (QED) is 0.360. The van der Waals surface area contributed by atoms with Gasteiger partial charge in [0.25, 0.3) is 0 Å². The van der Waals surface area contributed by atoms with Gasteiger partial charge in [-0.15, -0.1) is 0 Å². The minimum Gasteiger partial charge on any atom is -0.339 e. The second-order valence-electron chi connectivity index (χ2n) is 8.13. The van der Waals surface area contributed by atoms with Crippen LogP contribution in [0.1, 0.15) is 30.0 Å². The fourth-order valence-electron chi connectivity index (χ4n) is 4.42. The zero-order valence-corrected chi connectivity index (χ0v) is 18.4. The van der Waals surface area contributed by atoms with Crippen LogP contribution in [0, 0.1) is 0 Å². The summed E-state index contributed by atoms with van der Waals surface area (Å²) >= 11 is 6.25. The lowest BCUT2D eigenvalue weighted by Gasteiger charge is -2.31. The molecule has 5 heteroatoms. The van der Waals surface area contributed by atoms with E-state index in [1.54, 1.807) is 6.08 Å². The van der Waals surface area contributed by atoms with E-state index in [1.807, 2.05) is 70.1 Å². The average Bonchev–Trinajstić information content (AvgIpc) is 3.21. The third-order valence-corrected chi connectivity index (χ3v) is 6.35. The highest BCUT2D eigenvalue weighted by Crippen LogP contribution is 2.29. The SMILES string of the molecule is O=C(/C=C/c1c(-c2ccccc2)nc2ccc(Cl)cn12)N1CCC(c2ccccc2)CC1. The van der Waals surface area contributed by atoms with Crippen molar-refractivity contribution in [3.8, 4) is 11.3 Å². The number of aromatic nitrogens is 2. The second kappa shape index (κ2) is 9.01. The van der Waals surface area contributed by atoms with Gasteiger partial charge in [-0.3, -0.25) is 9.20 Å². The Morgan fingerprint density at radius 1 is 0.938 bits per heavy atom. The van der Waals surface area contributed by atoms with Gasteiger partial charge in [-0.1, -0.05) is 72.3 Å². The van der Waals surface area contributed by atoms with Crippen molar-refractivity contribution in [3.05, 3.63) is 101 Å². The monoisotopic (exact) mass is 441 g/mol. The summed E-state index contributed by atoms with van der Waals surface area (Å²) in [6.45, 7) is 1.54. The molecule has 3 heterocycles. The topological polar surface area (TPSA) is 37.6 Å². The van der Waals surface area contributed by atoms with Crippen molar-refractivity contribution >= 4 is 29.2 Å². The first-order valence-corrected chi connectivity index (χ1v) is 11.3. The van der Waals surface area contributed by atoms with E-state index in [0.717, 1.165) is 48.5 Å². The van der Waals surface area contributed by atoms with Gasteiger partial charge in [0.15, 0.2) is 0 Å². The van der Waals surface area contributed by atoms with Gasteiger partial charge in [0.05, 0.1) is 16.4 Å². The summed E-state index contributed by atoms with van der Waals surface area (Å²) in [5.41, 5.74) is 4.85. The number of carbonyl (C=O) groups excluding carboxylic acids is 1. The molecule has 0 bridgehead atoms.